The predicted octanol–water partition coefficient (Wildman–Crippen LogP) is 2.70. The average Bonchev–Trinajstić information content (AvgIpc) is 2.35. The van der Waals surface area contributed by atoms with Gasteiger partial charge >= 0.3 is 5.97 Å². The molecular weight excluding hydrogens is 244 g/mol. The first-order chi connectivity index (χ1) is 9.01. The number of carbonyl (C=O) groups excluding carboxylic acids is 1. The van der Waals surface area contributed by atoms with Gasteiger partial charge < -0.3 is 9.47 Å². The third kappa shape index (κ3) is 3.99. The van der Waals surface area contributed by atoms with Crippen LogP contribution in [0.3, 0.4) is 0 Å². The van der Waals surface area contributed by atoms with E-state index in [0.29, 0.717) is 30.3 Å². The molecule has 0 aliphatic heterocycles. The fourth-order valence-electron chi connectivity index (χ4n) is 1.78. The minimum atomic E-state index is -0.385. The normalized spacial score (nSPS) is 12.5. The Morgan fingerprint density at radius 3 is 2.47 bits per heavy atom. The molecule has 106 valence electrons. The van der Waals surface area contributed by atoms with Gasteiger partial charge in [-0.1, -0.05) is 13.8 Å². The van der Waals surface area contributed by atoms with Crippen molar-refractivity contribution in [1.29, 1.82) is 0 Å². The Morgan fingerprint density at radius 2 is 2.00 bits per heavy atom. The van der Waals surface area contributed by atoms with E-state index in [1.807, 2.05) is 6.92 Å². The van der Waals surface area contributed by atoms with E-state index < -0.39 is 0 Å². The molecule has 0 fully saturated rings. The van der Waals surface area contributed by atoms with Gasteiger partial charge in [0.1, 0.15) is 6.10 Å². The van der Waals surface area contributed by atoms with Gasteiger partial charge in [-0.25, -0.2) is 14.8 Å². The summed E-state index contributed by atoms with van der Waals surface area (Å²) >= 11 is 0. The number of aryl methyl sites for hydroxylation is 1. The molecule has 0 saturated heterocycles. The van der Waals surface area contributed by atoms with Crippen LogP contribution < -0.4 is 0 Å². The van der Waals surface area contributed by atoms with Gasteiger partial charge in [0, 0.05) is 12.8 Å². The molecule has 1 aromatic rings. The van der Waals surface area contributed by atoms with Crippen molar-refractivity contribution in [2.75, 3.05) is 13.2 Å². The molecule has 0 aliphatic carbocycles. The van der Waals surface area contributed by atoms with Gasteiger partial charge in [0.2, 0.25) is 0 Å². The number of aromatic nitrogens is 2. The molecule has 5 heteroatoms. The van der Waals surface area contributed by atoms with Gasteiger partial charge in [0.05, 0.1) is 17.9 Å². The van der Waals surface area contributed by atoms with Crippen molar-refractivity contribution in [2.45, 2.75) is 40.7 Å². The summed E-state index contributed by atoms with van der Waals surface area (Å²) in [7, 11) is 0. The van der Waals surface area contributed by atoms with Gasteiger partial charge in [-0.3, -0.25) is 0 Å². The molecule has 1 heterocycles. The van der Waals surface area contributed by atoms with Crippen LogP contribution in [0.15, 0.2) is 6.20 Å². The van der Waals surface area contributed by atoms with Crippen LogP contribution in [0.25, 0.3) is 0 Å². The summed E-state index contributed by atoms with van der Waals surface area (Å²) in [4.78, 5) is 20.3. The van der Waals surface area contributed by atoms with E-state index in [-0.39, 0.29) is 18.0 Å². The number of nitrogens with zero attached hydrogens (tertiary/aromatic N) is 2. The molecule has 0 aromatic carbocycles. The molecule has 1 aromatic heterocycles. The van der Waals surface area contributed by atoms with Crippen LogP contribution in [0.2, 0.25) is 0 Å². The second kappa shape index (κ2) is 7.19. The molecule has 1 rings (SSSR count). The second-order valence-electron chi connectivity index (χ2n) is 4.57. The first-order valence-electron chi connectivity index (χ1n) is 6.63. The summed E-state index contributed by atoms with van der Waals surface area (Å²) in [5.41, 5.74) is 1.03. The van der Waals surface area contributed by atoms with Crippen LogP contribution in [0.1, 0.15) is 55.7 Å². The molecule has 0 spiro atoms. The summed E-state index contributed by atoms with van der Waals surface area (Å²) in [5.74, 6) is 0.499. The highest BCUT2D eigenvalue weighted by Crippen LogP contribution is 2.23. The smallest absolute Gasteiger partial charge is 0.341 e. The first-order valence-corrected chi connectivity index (χ1v) is 6.63. The van der Waals surface area contributed by atoms with Crippen LogP contribution in [0.5, 0.6) is 0 Å². The van der Waals surface area contributed by atoms with Crippen LogP contribution >= 0.6 is 0 Å². The highest BCUT2D eigenvalue weighted by atomic mass is 16.5. The quantitative estimate of drug-likeness (QED) is 0.741. The SMILES string of the molecule is CCOC(=O)c1cnc(C(OCC)C(C)C)nc1C. The molecule has 1 atom stereocenters. The van der Waals surface area contributed by atoms with E-state index in [4.69, 9.17) is 9.47 Å². The fourth-order valence-corrected chi connectivity index (χ4v) is 1.78. The highest BCUT2D eigenvalue weighted by molar-refractivity contribution is 5.90. The van der Waals surface area contributed by atoms with Crippen molar-refractivity contribution in [3.8, 4) is 0 Å². The van der Waals surface area contributed by atoms with Crippen molar-refractivity contribution >= 4 is 5.97 Å². The van der Waals surface area contributed by atoms with E-state index in [1.165, 1.54) is 6.20 Å². The first kappa shape index (κ1) is 15.6. The minimum Gasteiger partial charge on any atom is -0.462 e. The standard InChI is InChI=1S/C14H22N2O3/c1-6-18-12(9(3)4)13-15-8-11(10(5)16-13)14(17)19-7-2/h8-9,12H,6-7H2,1-5H3. The zero-order valence-corrected chi connectivity index (χ0v) is 12.3. The lowest BCUT2D eigenvalue weighted by Crippen LogP contribution is -2.17. The van der Waals surface area contributed by atoms with Crippen LogP contribution in [0, 0.1) is 12.8 Å². The van der Waals surface area contributed by atoms with Gasteiger partial charge in [0.15, 0.2) is 5.82 Å². The molecule has 0 saturated carbocycles. The summed E-state index contributed by atoms with van der Waals surface area (Å²) in [6.45, 7) is 10.5. The average molecular weight is 266 g/mol. The summed E-state index contributed by atoms with van der Waals surface area (Å²) in [6.07, 6.45) is 1.37. The van der Waals surface area contributed by atoms with E-state index in [1.54, 1.807) is 13.8 Å². The van der Waals surface area contributed by atoms with Crippen molar-refractivity contribution in [2.24, 2.45) is 5.92 Å². The maximum absolute atomic E-state index is 11.7. The number of esters is 1. The van der Waals surface area contributed by atoms with Gasteiger partial charge in [-0.05, 0) is 26.7 Å². The summed E-state index contributed by atoms with van der Waals surface area (Å²) in [5, 5.41) is 0. The Morgan fingerprint density at radius 1 is 1.32 bits per heavy atom. The largest absolute Gasteiger partial charge is 0.462 e. The number of hydrogen-bond donors (Lipinski definition) is 0. The second-order valence-corrected chi connectivity index (χ2v) is 4.57. The number of ether oxygens (including phenoxy) is 2. The lowest BCUT2D eigenvalue weighted by atomic mass is 10.1. The third-order valence-corrected chi connectivity index (χ3v) is 2.70. The Kier molecular flexibility index (Phi) is 5.89. The summed E-state index contributed by atoms with van der Waals surface area (Å²) < 4.78 is 10.6. The monoisotopic (exact) mass is 266 g/mol. The minimum absolute atomic E-state index is 0.153. The third-order valence-electron chi connectivity index (χ3n) is 2.70. The molecule has 0 amide bonds. The van der Waals surface area contributed by atoms with Gasteiger partial charge in [-0.2, -0.15) is 0 Å². The van der Waals surface area contributed by atoms with Crippen LogP contribution in [-0.4, -0.2) is 29.2 Å². The van der Waals surface area contributed by atoms with Crippen molar-refractivity contribution in [1.82, 2.24) is 9.97 Å². The Balaban J connectivity index is 3.00. The van der Waals surface area contributed by atoms with Gasteiger partial charge in [0.25, 0.3) is 0 Å². The molecule has 5 nitrogen and oxygen atoms in total. The topological polar surface area (TPSA) is 61.3 Å². The highest BCUT2D eigenvalue weighted by Gasteiger charge is 2.21. The van der Waals surface area contributed by atoms with Crippen molar-refractivity contribution < 1.29 is 14.3 Å². The molecule has 1 unspecified atom stereocenters. The summed E-state index contributed by atoms with van der Waals surface area (Å²) in [6, 6.07) is 0. The maximum Gasteiger partial charge on any atom is 0.341 e. The Labute approximate surface area is 114 Å². The zero-order chi connectivity index (χ0) is 14.4. The molecule has 19 heavy (non-hydrogen) atoms. The molecule has 0 radical (unpaired) electrons. The molecular formula is C14H22N2O3. The van der Waals surface area contributed by atoms with E-state index in [2.05, 4.69) is 23.8 Å². The lowest BCUT2D eigenvalue weighted by Gasteiger charge is -2.19. The van der Waals surface area contributed by atoms with E-state index in [9.17, 15) is 4.79 Å². The van der Waals surface area contributed by atoms with Gasteiger partial charge in [-0.15, -0.1) is 0 Å². The number of hydrogen-bond acceptors (Lipinski definition) is 5. The molecule has 0 aliphatic rings. The van der Waals surface area contributed by atoms with Crippen LogP contribution in [0.4, 0.5) is 0 Å². The van der Waals surface area contributed by atoms with E-state index in [0.717, 1.165) is 0 Å². The zero-order valence-electron chi connectivity index (χ0n) is 12.3. The van der Waals surface area contributed by atoms with Crippen LogP contribution in [-0.2, 0) is 9.47 Å². The number of carbonyl (C=O) groups is 1. The lowest BCUT2D eigenvalue weighted by molar-refractivity contribution is 0.0229. The Bertz CT molecular complexity index is 433. The molecule has 0 N–H and O–H groups in total. The van der Waals surface area contributed by atoms with Crippen molar-refractivity contribution in [3.63, 3.8) is 0 Å². The number of rotatable bonds is 6. The molecule has 0 bridgehead atoms. The predicted molar refractivity (Wildman–Crippen MR) is 71.9 cm³/mol. The Hall–Kier alpha value is -1.49. The maximum atomic E-state index is 11.7. The fraction of sp³-hybridized carbons (Fsp3) is 0.643. The van der Waals surface area contributed by atoms with Crippen molar-refractivity contribution in [3.05, 3.63) is 23.3 Å². The van der Waals surface area contributed by atoms with E-state index >= 15 is 0 Å².